The lowest BCUT2D eigenvalue weighted by Gasteiger charge is -2.30. The highest BCUT2D eigenvalue weighted by Gasteiger charge is 2.32. The number of benzene rings is 1. The number of carbonyl (C=O) groups excluding carboxylic acids is 1. The van der Waals surface area contributed by atoms with Gasteiger partial charge in [0, 0.05) is 51.4 Å². The van der Waals surface area contributed by atoms with Crippen molar-refractivity contribution in [1.82, 2.24) is 19.2 Å². The molecule has 1 aromatic carbocycles. The van der Waals surface area contributed by atoms with E-state index in [0.29, 0.717) is 57.9 Å². The Kier molecular flexibility index (Phi) is 8.35. The van der Waals surface area contributed by atoms with Gasteiger partial charge < -0.3 is 9.64 Å². The summed E-state index contributed by atoms with van der Waals surface area (Å²) in [5.74, 6) is -0.556. The minimum atomic E-state index is -3.71. The van der Waals surface area contributed by atoms with Crippen LogP contribution in [0, 0.1) is 0 Å². The first-order valence-electron chi connectivity index (χ1n) is 12.9. The Morgan fingerprint density at radius 2 is 1.74 bits per heavy atom. The van der Waals surface area contributed by atoms with Gasteiger partial charge in [0.15, 0.2) is 24.9 Å². The van der Waals surface area contributed by atoms with Crippen LogP contribution >= 0.6 is 11.3 Å². The van der Waals surface area contributed by atoms with Gasteiger partial charge in [0.2, 0.25) is 0 Å². The highest BCUT2D eigenvalue weighted by atomic mass is 32.2. The first-order valence-corrected chi connectivity index (χ1v) is 16.7. The summed E-state index contributed by atoms with van der Waals surface area (Å²) in [4.78, 5) is 19.8. The van der Waals surface area contributed by atoms with Crippen LogP contribution in [-0.4, -0.2) is 112 Å². The zero-order chi connectivity index (χ0) is 27.6. The van der Waals surface area contributed by atoms with E-state index in [4.69, 9.17) is 4.74 Å². The largest absolute Gasteiger partial charge is 0.380 e. The molecule has 0 radical (unpaired) electrons. The molecule has 15 heteroatoms. The molecule has 2 aromatic rings. The van der Waals surface area contributed by atoms with Crippen LogP contribution in [0.3, 0.4) is 0 Å². The zero-order valence-corrected chi connectivity index (χ0v) is 24.1. The normalized spacial score (nSPS) is 21.9. The number of anilines is 1. The number of aromatic nitrogens is 1. The summed E-state index contributed by atoms with van der Waals surface area (Å²) >= 11 is 0.892. The van der Waals surface area contributed by atoms with Crippen molar-refractivity contribution in [2.75, 3.05) is 64.8 Å². The number of ether oxygens (including phenoxy) is 1. The van der Waals surface area contributed by atoms with Crippen LogP contribution in [0.2, 0.25) is 0 Å². The fourth-order valence-corrected chi connectivity index (χ4v) is 8.86. The van der Waals surface area contributed by atoms with Gasteiger partial charge in [0.1, 0.15) is 0 Å². The van der Waals surface area contributed by atoms with Gasteiger partial charge in [-0.15, -0.1) is 0 Å². The van der Waals surface area contributed by atoms with Crippen molar-refractivity contribution < 1.29 is 26.4 Å². The lowest BCUT2D eigenvalue weighted by molar-refractivity contribution is -0.110. The number of rotatable bonds is 8. The zero-order valence-electron chi connectivity index (χ0n) is 21.7. The average molecular weight is 597 g/mol. The van der Waals surface area contributed by atoms with Crippen LogP contribution in [-0.2, 0) is 29.4 Å². The molecule has 3 aliphatic heterocycles. The number of likely N-dealkylation sites (N-methyl/N-ethyl adjacent to an activating group) is 1. The Bertz CT molecular complexity index is 1420. The molecular weight excluding hydrogens is 565 g/mol. The molecule has 12 nitrogen and oxygen atoms in total. The Labute approximate surface area is 232 Å². The van der Waals surface area contributed by atoms with Crippen LogP contribution in [0.1, 0.15) is 24.8 Å². The van der Waals surface area contributed by atoms with E-state index in [1.165, 1.54) is 22.6 Å². The third kappa shape index (κ3) is 6.18. The highest BCUT2D eigenvalue weighted by Crippen LogP contribution is 2.27. The maximum Gasteiger partial charge on any atom is 0.278 e. The molecule has 1 atom stereocenters. The second-order valence-corrected chi connectivity index (χ2v) is 15.2. The smallest absolute Gasteiger partial charge is 0.278 e. The molecule has 0 bridgehead atoms. The quantitative estimate of drug-likeness (QED) is 0.443. The predicted molar refractivity (Wildman–Crippen MR) is 147 cm³/mol. The minimum absolute atomic E-state index is 0.0610. The first kappa shape index (κ1) is 28.1. The molecule has 39 heavy (non-hydrogen) atoms. The number of nitrogens with zero attached hydrogens (tertiary/aromatic N) is 5. The van der Waals surface area contributed by atoms with Gasteiger partial charge in [-0.2, -0.15) is 9.41 Å². The monoisotopic (exact) mass is 596 g/mol. The lowest BCUT2D eigenvalue weighted by Crippen LogP contribution is -2.46. The summed E-state index contributed by atoms with van der Waals surface area (Å²) in [5.41, 5.74) is 0.548. The fourth-order valence-electron chi connectivity index (χ4n) is 4.68. The molecular formula is C24H32N6O6S3. The van der Waals surface area contributed by atoms with Crippen molar-refractivity contribution >= 4 is 47.9 Å². The number of sulfone groups is 1. The number of thiazole rings is 1. The number of amides is 1. The number of sulfonamides is 1. The van der Waals surface area contributed by atoms with Gasteiger partial charge >= 0.3 is 0 Å². The van der Waals surface area contributed by atoms with Gasteiger partial charge in [0.25, 0.3) is 15.9 Å². The van der Waals surface area contributed by atoms with E-state index in [1.807, 2.05) is 7.05 Å². The van der Waals surface area contributed by atoms with Crippen LogP contribution < -0.4 is 5.32 Å². The summed E-state index contributed by atoms with van der Waals surface area (Å²) in [6.07, 6.45) is 3.63. The minimum Gasteiger partial charge on any atom is -0.380 e. The van der Waals surface area contributed by atoms with E-state index < -0.39 is 31.0 Å². The van der Waals surface area contributed by atoms with Gasteiger partial charge in [-0.25, -0.2) is 21.8 Å². The van der Waals surface area contributed by atoms with Crippen LogP contribution in [0.15, 0.2) is 44.7 Å². The van der Waals surface area contributed by atoms with Crippen molar-refractivity contribution in [2.24, 2.45) is 5.10 Å². The molecule has 3 saturated heterocycles. The van der Waals surface area contributed by atoms with Crippen molar-refractivity contribution in [3.05, 3.63) is 36.0 Å². The summed E-state index contributed by atoms with van der Waals surface area (Å²) in [5, 5.41) is 8.62. The SMILES string of the molecule is CN1CCN(S(=O)(=O)c2cnc(NC(=O)C(=NN3CCCC3)c3ccc(S(=O)(=O)[C@H]4CCOC4)cc3)s2)CC1. The summed E-state index contributed by atoms with van der Waals surface area (Å²) < 4.78 is 58.7. The lowest BCUT2D eigenvalue weighted by atomic mass is 10.1. The highest BCUT2D eigenvalue weighted by molar-refractivity contribution is 7.92. The van der Waals surface area contributed by atoms with Crippen molar-refractivity contribution in [3.8, 4) is 0 Å². The first-order chi connectivity index (χ1) is 18.6. The number of hydrogen-bond donors (Lipinski definition) is 1. The Morgan fingerprint density at radius 3 is 2.38 bits per heavy atom. The van der Waals surface area contributed by atoms with Crippen LogP contribution in [0.4, 0.5) is 5.13 Å². The summed E-state index contributed by atoms with van der Waals surface area (Å²) in [6, 6.07) is 6.12. The van der Waals surface area contributed by atoms with E-state index >= 15 is 0 Å². The standard InChI is InChI=1S/C24H32N6O6S3/c1-28-11-13-30(14-12-28)39(34,35)21-16-25-24(37-21)26-23(31)22(27-29-9-2-3-10-29)18-4-6-19(7-5-18)38(32,33)20-8-15-36-17-20/h4-7,16,20H,2-3,8-15,17H2,1H3,(H,25,26,31)/t20-/m0/s1. The fraction of sp³-hybridized carbons (Fsp3) is 0.542. The van der Waals surface area contributed by atoms with Crippen LogP contribution in [0.25, 0.3) is 0 Å². The molecule has 1 aromatic heterocycles. The molecule has 3 fully saturated rings. The van der Waals surface area contributed by atoms with Crippen molar-refractivity contribution in [3.63, 3.8) is 0 Å². The molecule has 0 saturated carbocycles. The number of piperazine rings is 1. The Morgan fingerprint density at radius 1 is 1.05 bits per heavy atom. The molecule has 0 unspecified atom stereocenters. The number of nitrogens with one attached hydrogen (secondary N) is 1. The van der Waals surface area contributed by atoms with Gasteiger partial charge in [0.05, 0.1) is 22.9 Å². The van der Waals surface area contributed by atoms with Crippen LogP contribution in [0.5, 0.6) is 0 Å². The Hall–Kier alpha value is -2.43. The van der Waals surface area contributed by atoms with E-state index in [-0.39, 0.29) is 26.6 Å². The summed E-state index contributed by atoms with van der Waals surface area (Å²) in [7, 11) is -5.31. The van der Waals surface area contributed by atoms with E-state index in [9.17, 15) is 21.6 Å². The molecule has 4 heterocycles. The third-order valence-electron chi connectivity index (χ3n) is 7.08. The van der Waals surface area contributed by atoms with Gasteiger partial charge in [-0.3, -0.25) is 15.1 Å². The van der Waals surface area contributed by atoms with Gasteiger partial charge in [-0.1, -0.05) is 23.5 Å². The molecule has 0 spiro atoms. The number of hydrazone groups is 1. The predicted octanol–water partition coefficient (Wildman–Crippen LogP) is 1.08. The molecule has 3 aliphatic rings. The molecule has 1 N–H and O–H groups in total. The van der Waals surface area contributed by atoms with Crippen molar-refractivity contribution in [2.45, 2.75) is 33.6 Å². The van der Waals surface area contributed by atoms with E-state index in [0.717, 1.165) is 24.2 Å². The number of hydrogen-bond acceptors (Lipinski definition) is 11. The van der Waals surface area contributed by atoms with Gasteiger partial charge in [-0.05, 0) is 38.4 Å². The molecule has 0 aliphatic carbocycles. The Balaban J connectivity index is 1.35. The van der Waals surface area contributed by atoms with E-state index in [1.54, 1.807) is 17.1 Å². The topological polar surface area (TPSA) is 142 Å². The molecule has 5 rings (SSSR count). The van der Waals surface area contributed by atoms with E-state index in [2.05, 4.69) is 20.3 Å². The second-order valence-electron chi connectivity index (χ2n) is 9.81. The van der Waals surface area contributed by atoms with Crippen molar-refractivity contribution in [1.29, 1.82) is 0 Å². The molecule has 1 amide bonds. The maximum atomic E-state index is 13.4. The second kappa shape index (κ2) is 11.6. The maximum absolute atomic E-state index is 13.4. The third-order valence-corrected chi connectivity index (χ3v) is 12.5. The average Bonchev–Trinajstić information content (AvgIpc) is 3.71. The summed E-state index contributed by atoms with van der Waals surface area (Å²) in [6.45, 7) is 4.08. The number of carbonyl (C=O) groups is 1. The molecule has 212 valence electrons.